The number of aromatic amines is 1. The lowest BCUT2D eigenvalue weighted by molar-refractivity contribution is -0.118. The number of pyridine rings is 1. The lowest BCUT2D eigenvalue weighted by Crippen LogP contribution is -2.20. The number of methoxy groups -OCH3 is 1. The summed E-state index contributed by atoms with van der Waals surface area (Å²) in [5.41, 5.74) is 0.637. The molecule has 1 aromatic carbocycles. The standard InChI is InChI=1S/C14H14N2O3S/c1-18-11-3-2-4-12(7-11)19-9-13(17)16-10-5-6-14(20)15-8-10/h2-8H,9H2,1H3,(H,15,20)(H,16,17). The molecule has 5 nitrogen and oxygen atoms in total. The van der Waals surface area contributed by atoms with E-state index < -0.39 is 0 Å². The van der Waals surface area contributed by atoms with E-state index in [-0.39, 0.29) is 12.5 Å². The number of ether oxygens (including phenoxy) is 2. The molecule has 0 spiro atoms. The largest absolute Gasteiger partial charge is 0.497 e. The zero-order valence-corrected chi connectivity index (χ0v) is 11.7. The molecular weight excluding hydrogens is 276 g/mol. The highest BCUT2D eigenvalue weighted by Crippen LogP contribution is 2.18. The van der Waals surface area contributed by atoms with Gasteiger partial charge < -0.3 is 19.8 Å². The van der Waals surface area contributed by atoms with Crippen LogP contribution in [0.2, 0.25) is 0 Å². The first-order chi connectivity index (χ1) is 9.67. The van der Waals surface area contributed by atoms with Gasteiger partial charge in [0.05, 0.1) is 12.8 Å². The van der Waals surface area contributed by atoms with Crippen molar-refractivity contribution in [2.24, 2.45) is 0 Å². The van der Waals surface area contributed by atoms with Crippen molar-refractivity contribution in [2.75, 3.05) is 19.0 Å². The van der Waals surface area contributed by atoms with E-state index in [2.05, 4.69) is 10.3 Å². The Balaban J connectivity index is 1.88. The van der Waals surface area contributed by atoms with Crippen LogP contribution in [0.5, 0.6) is 11.5 Å². The van der Waals surface area contributed by atoms with Crippen LogP contribution in [0.25, 0.3) is 0 Å². The summed E-state index contributed by atoms with van der Waals surface area (Å²) in [6, 6.07) is 10.5. The highest BCUT2D eigenvalue weighted by Gasteiger charge is 2.04. The highest BCUT2D eigenvalue weighted by atomic mass is 32.1. The number of rotatable bonds is 5. The van der Waals surface area contributed by atoms with Crippen LogP contribution in [0, 0.1) is 4.64 Å². The Labute approximate surface area is 121 Å². The van der Waals surface area contributed by atoms with Crippen LogP contribution >= 0.6 is 12.2 Å². The van der Waals surface area contributed by atoms with Crippen molar-refractivity contribution in [1.82, 2.24) is 4.98 Å². The number of carbonyl (C=O) groups excluding carboxylic acids is 1. The number of anilines is 1. The zero-order valence-electron chi connectivity index (χ0n) is 10.9. The summed E-state index contributed by atoms with van der Waals surface area (Å²) < 4.78 is 11.1. The summed E-state index contributed by atoms with van der Waals surface area (Å²) in [6.07, 6.45) is 1.63. The molecule has 20 heavy (non-hydrogen) atoms. The average Bonchev–Trinajstić information content (AvgIpc) is 2.48. The Morgan fingerprint density at radius 2 is 2.10 bits per heavy atom. The molecule has 2 rings (SSSR count). The molecule has 0 unspecified atom stereocenters. The number of nitrogens with one attached hydrogen (secondary N) is 2. The molecule has 1 amide bonds. The molecule has 0 radical (unpaired) electrons. The molecule has 0 aliphatic rings. The minimum Gasteiger partial charge on any atom is -0.497 e. The number of hydrogen-bond donors (Lipinski definition) is 2. The summed E-state index contributed by atoms with van der Waals surface area (Å²) in [5, 5.41) is 2.70. The van der Waals surface area contributed by atoms with Gasteiger partial charge in [-0.2, -0.15) is 0 Å². The summed E-state index contributed by atoms with van der Waals surface area (Å²) in [4.78, 5) is 14.6. The van der Waals surface area contributed by atoms with Gasteiger partial charge in [-0.1, -0.05) is 18.3 Å². The molecule has 0 bridgehead atoms. The number of carbonyl (C=O) groups is 1. The van der Waals surface area contributed by atoms with Gasteiger partial charge in [-0.15, -0.1) is 0 Å². The fourth-order valence-corrected chi connectivity index (χ4v) is 1.65. The van der Waals surface area contributed by atoms with Crippen LogP contribution in [-0.4, -0.2) is 24.6 Å². The molecule has 104 valence electrons. The number of amides is 1. The zero-order chi connectivity index (χ0) is 14.4. The lowest BCUT2D eigenvalue weighted by Gasteiger charge is -2.08. The van der Waals surface area contributed by atoms with Gasteiger partial charge in [-0.25, -0.2) is 0 Å². The molecule has 2 N–H and O–H groups in total. The van der Waals surface area contributed by atoms with E-state index in [1.165, 1.54) is 0 Å². The molecule has 0 atom stereocenters. The summed E-state index contributed by atoms with van der Waals surface area (Å²) in [5.74, 6) is 1.00. The molecule has 2 aromatic rings. The second kappa shape index (κ2) is 6.72. The van der Waals surface area contributed by atoms with Gasteiger partial charge in [0.25, 0.3) is 5.91 Å². The van der Waals surface area contributed by atoms with Gasteiger partial charge >= 0.3 is 0 Å². The lowest BCUT2D eigenvalue weighted by atomic mass is 10.3. The summed E-state index contributed by atoms with van der Waals surface area (Å²) >= 11 is 4.92. The van der Waals surface area contributed by atoms with Gasteiger partial charge in [0.1, 0.15) is 16.1 Å². The first-order valence-corrected chi connectivity index (χ1v) is 6.33. The third kappa shape index (κ3) is 4.10. The van der Waals surface area contributed by atoms with Crippen LogP contribution in [0.3, 0.4) is 0 Å². The van der Waals surface area contributed by atoms with Gasteiger partial charge in [0, 0.05) is 12.3 Å². The predicted molar refractivity (Wildman–Crippen MR) is 78.7 cm³/mol. The highest BCUT2D eigenvalue weighted by molar-refractivity contribution is 7.71. The van der Waals surface area contributed by atoms with Crippen LogP contribution in [0.1, 0.15) is 0 Å². The normalized spacial score (nSPS) is 9.85. The maximum atomic E-state index is 11.7. The van der Waals surface area contributed by atoms with Gasteiger partial charge in [-0.3, -0.25) is 4.79 Å². The first-order valence-electron chi connectivity index (χ1n) is 5.93. The van der Waals surface area contributed by atoms with Crippen molar-refractivity contribution in [1.29, 1.82) is 0 Å². The third-order valence-electron chi connectivity index (χ3n) is 2.48. The van der Waals surface area contributed by atoms with E-state index in [0.29, 0.717) is 21.8 Å². The second-order valence-electron chi connectivity index (χ2n) is 3.96. The van der Waals surface area contributed by atoms with Crippen molar-refractivity contribution in [2.45, 2.75) is 0 Å². The van der Waals surface area contributed by atoms with Crippen LogP contribution in [-0.2, 0) is 4.79 Å². The summed E-state index contributed by atoms with van der Waals surface area (Å²) in [6.45, 7) is -0.0806. The SMILES string of the molecule is COc1cccc(OCC(=O)Nc2ccc(=S)[nH]c2)c1. The topological polar surface area (TPSA) is 63.4 Å². The fourth-order valence-electron chi connectivity index (χ4n) is 1.53. The smallest absolute Gasteiger partial charge is 0.262 e. The maximum Gasteiger partial charge on any atom is 0.262 e. The molecule has 0 fully saturated rings. The van der Waals surface area contributed by atoms with Gasteiger partial charge in [0.15, 0.2) is 6.61 Å². The number of aromatic nitrogens is 1. The Morgan fingerprint density at radius 1 is 1.30 bits per heavy atom. The van der Waals surface area contributed by atoms with Crippen molar-refractivity contribution >= 4 is 23.8 Å². The predicted octanol–water partition coefficient (Wildman–Crippen LogP) is 2.77. The number of benzene rings is 1. The third-order valence-corrected chi connectivity index (χ3v) is 2.73. The Bertz CT molecular complexity index is 634. The minimum atomic E-state index is -0.252. The second-order valence-corrected chi connectivity index (χ2v) is 4.40. The van der Waals surface area contributed by atoms with E-state index in [1.54, 1.807) is 49.7 Å². The molecule has 1 heterocycles. The first kappa shape index (κ1) is 14.1. The van der Waals surface area contributed by atoms with Crippen LogP contribution in [0.4, 0.5) is 5.69 Å². The van der Waals surface area contributed by atoms with Gasteiger partial charge in [-0.05, 0) is 24.3 Å². The van der Waals surface area contributed by atoms with Crippen molar-refractivity contribution in [3.05, 3.63) is 47.2 Å². The molecule has 0 aliphatic heterocycles. The molecular formula is C14H14N2O3S. The fraction of sp³-hybridized carbons (Fsp3) is 0.143. The van der Waals surface area contributed by atoms with E-state index >= 15 is 0 Å². The molecule has 6 heteroatoms. The number of H-pyrrole nitrogens is 1. The maximum absolute atomic E-state index is 11.7. The molecule has 1 aromatic heterocycles. The minimum absolute atomic E-state index is 0.0806. The van der Waals surface area contributed by atoms with Crippen molar-refractivity contribution < 1.29 is 14.3 Å². The Kier molecular flexibility index (Phi) is 4.73. The van der Waals surface area contributed by atoms with Crippen LogP contribution < -0.4 is 14.8 Å². The Hall–Kier alpha value is -2.34. The van der Waals surface area contributed by atoms with Gasteiger partial charge in [0.2, 0.25) is 0 Å². The average molecular weight is 290 g/mol. The monoisotopic (exact) mass is 290 g/mol. The van der Waals surface area contributed by atoms with E-state index in [1.807, 2.05) is 0 Å². The molecule has 0 aliphatic carbocycles. The quantitative estimate of drug-likeness (QED) is 0.831. The van der Waals surface area contributed by atoms with Crippen molar-refractivity contribution in [3.8, 4) is 11.5 Å². The van der Waals surface area contributed by atoms with E-state index in [0.717, 1.165) is 0 Å². The molecule has 0 saturated heterocycles. The van der Waals surface area contributed by atoms with E-state index in [4.69, 9.17) is 21.7 Å². The Morgan fingerprint density at radius 3 is 2.80 bits per heavy atom. The number of hydrogen-bond acceptors (Lipinski definition) is 4. The summed E-state index contributed by atoms with van der Waals surface area (Å²) in [7, 11) is 1.57. The van der Waals surface area contributed by atoms with Crippen LogP contribution in [0.15, 0.2) is 42.6 Å². The van der Waals surface area contributed by atoms with Crippen molar-refractivity contribution in [3.63, 3.8) is 0 Å². The van der Waals surface area contributed by atoms with E-state index in [9.17, 15) is 4.79 Å². The molecule has 0 saturated carbocycles.